The number of amides is 2. The first-order chi connectivity index (χ1) is 21.9. The minimum atomic E-state index is -1.14. The topological polar surface area (TPSA) is 110 Å². The van der Waals surface area contributed by atoms with Gasteiger partial charge < -0.3 is 20.7 Å². The Morgan fingerprint density at radius 2 is 1.64 bits per heavy atom. The van der Waals surface area contributed by atoms with E-state index in [9.17, 15) is 14.0 Å². The molecule has 6 rings (SSSR count). The van der Waals surface area contributed by atoms with Gasteiger partial charge in [-0.2, -0.15) is 5.10 Å². The Labute approximate surface area is 261 Å². The standard InChI is InChI=1S/C35H35FN6O3/c1-3-32(30-13-4-23(20-31(30)37-2)24-21-39-42(22-24)28-14-18-38-19-15-28)45-29-11-9-27(10-12-29)41-34(44)35(16-17-35)33(43)40-26-7-5-25(36)6-8-26/h3-13,20-22,28,38H,2,14-19H2,1H3,(H,40,43)(H,41,44)/b32-3+. The number of allylic oxidation sites excluding steroid dienone is 1. The Bertz CT molecular complexity index is 1740. The van der Waals surface area contributed by atoms with E-state index in [0.717, 1.165) is 42.6 Å². The molecule has 1 aromatic heterocycles. The summed E-state index contributed by atoms with van der Waals surface area (Å²) in [6, 6.07) is 18.8. The molecule has 9 nitrogen and oxygen atoms in total. The highest BCUT2D eigenvalue weighted by Crippen LogP contribution is 2.47. The summed E-state index contributed by atoms with van der Waals surface area (Å²) in [7, 11) is 0. The van der Waals surface area contributed by atoms with E-state index >= 15 is 0 Å². The van der Waals surface area contributed by atoms with Crippen LogP contribution in [-0.2, 0) is 9.59 Å². The van der Waals surface area contributed by atoms with Crippen LogP contribution in [0, 0.1) is 11.2 Å². The van der Waals surface area contributed by atoms with Crippen molar-refractivity contribution in [2.75, 3.05) is 23.7 Å². The van der Waals surface area contributed by atoms with Gasteiger partial charge in [0.15, 0.2) is 0 Å². The van der Waals surface area contributed by atoms with Gasteiger partial charge in [0.05, 0.1) is 17.9 Å². The fraction of sp³-hybridized carbons (Fsp3) is 0.257. The van der Waals surface area contributed by atoms with E-state index in [0.29, 0.717) is 47.5 Å². The van der Waals surface area contributed by atoms with Crippen LogP contribution >= 0.6 is 0 Å². The van der Waals surface area contributed by atoms with Gasteiger partial charge in [-0.25, -0.2) is 4.39 Å². The van der Waals surface area contributed by atoms with E-state index in [2.05, 4.69) is 43.6 Å². The fourth-order valence-corrected chi connectivity index (χ4v) is 5.53. The maximum atomic E-state index is 13.2. The summed E-state index contributed by atoms with van der Waals surface area (Å²) in [5.41, 5.74) is 3.33. The van der Waals surface area contributed by atoms with Crippen LogP contribution in [-0.4, -0.2) is 41.4 Å². The van der Waals surface area contributed by atoms with Crippen LogP contribution in [0.1, 0.15) is 44.2 Å². The Balaban J connectivity index is 1.10. The summed E-state index contributed by atoms with van der Waals surface area (Å²) in [5, 5.41) is 13.6. The average molecular weight is 607 g/mol. The molecule has 3 N–H and O–H groups in total. The van der Waals surface area contributed by atoms with E-state index in [4.69, 9.17) is 4.74 Å². The summed E-state index contributed by atoms with van der Waals surface area (Å²) >= 11 is 0. The normalized spacial score (nSPS) is 16.1. The maximum Gasteiger partial charge on any atom is 0.240 e. The van der Waals surface area contributed by atoms with Gasteiger partial charge >= 0.3 is 0 Å². The van der Waals surface area contributed by atoms with Crippen molar-refractivity contribution in [3.05, 3.63) is 96.6 Å². The number of hydrogen-bond acceptors (Lipinski definition) is 6. The van der Waals surface area contributed by atoms with Crippen molar-refractivity contribution >= 4 is 41.4 Å². The lowest BCUT2D eigenvalue weighted by molar-refractivity contribution is -0.131. The Kier molecular flexibility index (Phi) is 8.57. The summed E-state index contributed by atoms with van der Waals surface area (Å²) in [6.07, 6.45) is 8.85. The van der Waals surface area contributed by atoms with Gasteiger partial charge in [0.1, 0.15) is 22.7 Å². The highest BCUT2D eigenvalue weighted by atomic mass is 19.1. The monoisotopic (exact) mass is 606 g/mol. The first kappa shape index (κ1) is 30.0. The van der Waals surface area contributed by atoms with Crippen molar-refractivity contribution in [3.63, 3.8) is 0 Å². The number of carbonyl (C=O) groups is 2. The molecule has 2 heterocycles. The van der Waals surface area contributed by atoms with Crippen LogP contribution < -0.4 is 20.7 Å². The van der Waals surface area contributed by atoms with Gasteiger partial charge in [-0.15, -0.1) is 0 Å². The molecule has 1 aliphatic heterocycles. The molecule has 4 aromatic rings. The van der Waals surface area contributed by atoms with E-state index < -0.39 is 17.1 Å². The zero-order valence-electron chi connectivity index (χ0n) is 25.1. The maximum absolute atomic E-state index is 13.2. The first-order valence-electron chi connectivity index (χ1n) is 15.1. The minimum absolute atomic E-state index is 0.381. The SMILES string of the molecule is C=Nc1cc(-c2cnn(C3CCNCC3)c2)ccc1/C(=C\C)Oc1ccc(NC(=O)C2(C(=O)Nc3ccc(F)cc3)CC2)cc1. The number of aromatic nitrogens is 2. The molecule has 45 heavy (non-hydrogen) atoms. The summed E-state index contributed by atoms with van der Waals surface area (Å²) in [6.45, 7) is 7.68. The van der Waals surface area contributed by atoms with Gasteiger partial charge in [0.25, 0.3) is 0 Å². The lowest BCUT2D eigenvalue weighted by atomic mass is 10.0. The zero-order valence-corrected chi connectivity index (χ0v) is 25.1. The molecular weight excluding hydrogens is 571 g/mol. The number of anilines is 2. The number of halogens is 1. The van der Waals surface area contributed by atoms with Crippen molar-refractivity contribution in [2.45, 2.75) is 38.6 Å². The molecule has 10 heteroatoms. The van der Waals surface area contributed by atoms with E-state index in [-0.39, 0.29) is 5.91 Å². The van der Waals surface area contributed by atoms with Gasteiger partial charge in [-0.1, -0.05) is 6.07 Å². The molecule has 3 aromatic carbocycles. The molecule has 1 saturated heterocycles. The third-order valence-electron chi connectivity index (χ3n) is 8.37. The highest BCUT2D eigenvalue weighted by Gasteiger charge is 2.56. The number of nitrogens with zero attached hydrogens (tertiary/aromatic N) is 3. The van der Waals surface area contributed by atoms with Crippen LogP contribution in [0.5, 0.6) is 5.75 Å². The van der Waals surface area contributed by atoms with Crippen molar-refractivity contribution in [1.29, 1.82) is 0 Å². The smallest absolute Gasteiger partial charge is 0.240 e. The van der Waals surface area contributed by atoms with Gasteiger partial charge in [0, 0.05) is 28.7 Å². The fourth-order valence-electron chi connectivity index (χ4n) is 5.53. The van der Waals surface area contributed by atoms with E-state index in [1.165, 1.54) is 24.3 Å². The zero-order chi connectivity index (χ0) is 31.4. The number of carbonyl (C=O) groups excluding carboxylic acids is 2. The quantitative estimate of drug-likeness (QED) is 0.105. The van der Waals surface area contributed by atoms with E-state index in [1.807, 2.05) is 37.4 Å². The van der Waals surface area contributed by atoms with Crippen molar-refractivity contribution in [2.24, 2.45) is 10.4 Å². The number of rotatable bonds is 10. The number of aliphatic imine (C=N–C) groups is 1. The molecular formula is C35H35FN6O3. The minimum Gasteiger partial charge on any atom is -0.457 e. The number of hydrogen-bond donors (Lipinski definition) is 3. The third kappa shape index (κ3) is 6.56. The molecule has 230 valence electrons. The van der Waals surface area contributed by atoms with Gasteiger partial charge in [-0.05, 0) is 125 Å². The lowest BCUT2D eigenvalue weighted by Crippen LogP contribution is -2.35. The van der Waals surface area contributed by atoms with Crippen LogP contribution in [0.15, 0.2) is 90.2 Å². The highest BCUT2D eigenvalue weighted by molar-refractivity contribution is 6.16. The van der Waals surface area contributed by atoms with Crippen molar-refractivity contribution in [3.8, 4) is 16.9 Å². The Morgan fingerprint density at radius 1 is 1.00 bits per heavy atom. The predicted octanol–water partition coefficient (Wildman–Crippen LogP) is 6.74. The third-order valence-corrected chi connectivity index (χ3v) is 8.37. The number of piperidine rings is 1. The van der Waals surface area contributed by atoms with Gasteiger partial charge in [0.2, 0.25) is 11.8 Å². The molecule has 1 aliphatic carbocycles. The molecule has 0 unspecified atom stereocenters. The second-order valence-electron chi connectivity index (χ2n) is 11.4. The number of ether oxygens (including phenoxy) is 1. The Morgan fingerprint density at radius 3 is 2.24 bits per heavy atom. The molecule has 2 aliphatic rings. The van der Waals surface area contributed by atoms with Crippen LogP contribution in [0.4, 0.5) is 21.5 Å². The van der Waals surface area contributed by atoms with E-state index in [1.54, 1.807) is 24.3 Å². The molecule has 2 amide bonds. The molecule has 2 fully saturated rings. The number of benzene rings is 3. The summed E-state index contributed by atoms with van der Waals surface area (Å²) in [4.78, 5) is 30.2. The Hall–Kier alpha value is -5.09. The van der Waals surface area contributed by atoms with Crippen LogP contribution in [0.2, 0.25) is 0 Å². The summed E-state index contributed by atoms with van der Waals surface area (Å²) in [5.74, 6) is -0.00617. The second kappa shape index (κ2) is 12.9. The van der Waals surface area contributed by atoms with Crippen molar-refractivity contribution in [1.82, 2.24) is 15.1 Å². The molecule has 0 radical (unpaired) electrons. The molecule has 0 atom stereocenters. The average Bonchev–Trinajstić information content (AvgIpc) is 3.75. The number of nitrogens with one attached hydrogen (secondary N) is 3. The summed E-state index contributed by atoms with van der Waals surface area (Å²) < 4.78 is 21.5. The van der Waals surface area contributed by atoms with Gasteiger partial charge in [-0.3, -0.25) is 19.3 Å². The first-order valence-corrected chi connectivity index (χ1v) is 15.1. The lowest BCUT2D eigenvalue weighted by Gasteiger charge is -2.22. The second-order valence-corrected chi connectivity index (χ2v) is 11.4. The predicted molar refractivity (Wildman–Crippen MR) is 174 cm³/mol. The van der Waals surface area contributed by atoms with Crippen molar-refractivity contribution < 1.29 is 18.7 Å². The van der Waals surface area contributed by atoms with Crippen LogP contribution in [0.3, 0.4) is 0 Å². The molecule has 0 spiro atoms. The molecule has 1 saturated carbocycles. The van der Waals surface area contributed by atoms with Crippen LogP contribution in [0.25, 0.3) is 16.9 Å². The molecule has 0 bridgehead atoms. The largest absolute Gasteiger partial charge is 0.457 e.